The van der Waals surface area contributed by atoms with Gasteiger partial charge in [0.15, 0.2) is 22.4 Å². The van der Waals surface area contributed by atoms with Gasteiger partial charge in [-0.3, -0.25) is 19.0 Å². The summed E-state index contributed by atoms with van der Waals surface area (Å²) >= 11 is 1.76. The van der Waals surface area contributed by atoms with E-state index in [-0.39, 0.29) is 0 Å². The number of benzene rings is 4. The van der Waals surface area contributed by atoms with E-state index in [0.29, 0.717) is 17.7 Å². The summed E-state index contributed by atoms with van der Waals surface area (Å²) in [4.78, 5) is 41.4. The molecule has 0 unspecified atom stereocenters. The fraction of sp³-hybridized carbons (Fsp3) is 0.286. The van der Waals surface area contributed by atoms with Crippen molar-refractivity contribution in [3.8, 4) is 22.8 Å². The third-order valence-corrected chi connectivity index (χ3v) is 10.4. The number of aromatic nitrogens is 6. The van der Waals surface area contributed by atoms with Crippen molar-refractivity contribution in [1.29, 1.82) is 0 Å². The quantitative estimate of drug-likeness (QED) is 0.0968. The van der Waals surface area contributed by atoms with Crippen molar-refractivity contribution in [3.63, 3.8) is 0 Å². The van der Waals surface area contributed by atoms with Gasteiger partial charge in [0.2, 0.25) is 0 Å². The molecule has 8 aromatic rings. The monoisotopic (exact) mass is 772 g/mol. The van der Waals surface area contributed by atoms with Gasteiger partial charge in [0.1, 0.15) is 5.52 Å². The minimum atomic E-state index is -0.552. The van der Waals surface area contributed by atoms with Gasteiger partial charge < -0.3 is 14.2 Å². The molecular weight excluding hydrogens is 729 g/mol. The Hall–Kier alpha value is -6.28. The number of rotatable bonds is 16. The highest BCUT2D eigenvalue weighted by molar-refractivity contribution is 7.22. The van der Waals surface area contributed by atoms with Crippen LogP contribution in [0.15, 0.2) is 120 Å². The summed E-state index contributed by atoms with van der Waals surface area (Å²) in [7, 11) is 0. The van der Waals surface area contributed by atoms with Gasteiger partial charge in [0.25, 0.3) is 6.01 Å². The van der Waals surface area contributed by atoms with E-state index in [1.807, 2.05) is 66.7 Å². The van der Waals surface area contributed by atoms with E-state index in [0.717, 1.165) is 97.6 Å². The lowest BCUT2D eigenvalue weighted by atomic mass is 10.1. The van der Waals surface area contributed by atoms with Crippen LogP contribution in [0.1, 0.15) is 50.7 Å². The molecule has 0 saturated carbocycles. The minimum absolute atomic E-state index is 0.438. The van der Waals surface area contributed by atoms with Crippen LogP contribution in [-0.2, 0) is 12.8 Å². The zero-order chi connectivity index (χ0) is 38.7. The highest BCUT2D eigenvalue weighted by atomic mass is 32.1. The normalized spacial score (nSPS) is 11.2. The Kier molecular flexibility index (Phi) is 12.5. The van der Waals surface area contributed by atoms with Crippen LogP contribution in [0.25, 0.3) is 44.1 Å². The van der Waals surface area contributed by atoms with E-state index >= 15 is 0 Å². The summed E-state index contributed by atoms with van der Waals surface area (Å²) in [6.07, 6.45) is 6.28. The Bertz CT molecular complexity index is 2300. The summed E-state index contributed by atoms with van der Waals surface area (Å²) in [5, 5.41) is 8.53. The van der Waals surface area contributed by atoms with Crippen LogP contribution in [0.2, 0.25) is 0 Å². The molecular formula is C42H44N8O5S. The lowest BCUT2D eigenvalue weighted by Gasteiger charge is -2.21. The lowest BCUT2D eigenvalue weighted by molar-refractivity contribution is 0.387. The smallest absolute Gasteiger partial charge is 0.423 e. The first-order valence-corrected chi connectivity index (χ1v) is 19.8. The highest BCUT2D eigenvalue weighted by Gasteiger charge is 2.15. The molecule has 0 amide bonds. The fourth-order valence-electron chi connectivity index (χ4n) is 6.19. The number of anilines is 2. The highest BCUT2D eigenvalue weighted by Crippen LogP contribution is 2.29. The number of hydrogen-bond donors (Lipinski definition) is 2. The maximum absolute atomic E-state index is 11.1. The molecule has 0 aliphatic heterocycles. The number of H-pyrrole nitrogens is 2. The van der Waals surface area contributed by atoms with Crippen LogP contribution in [0, 0.1) is 0 Å². The molecule has 8 rings (SSSR count). The zero-order valence-electron chi connectivity index (χ0n) is 31.4. The number of hydrogen-bond acceptors (Lipinski definition) is 12. The third kappa shape index (κ3) is 9.68. The van der Waals surface area contributed by atoms with E-state index in [4.69, 9.17) is 9.40 Å². The van der Waals surface area contributed by atoms with E-state index < -0.39 is 11.5 Å². The molecule has 0 aliphatic carbocycles. The average Bonchev–Trinajstić information content (AvgIpc) is 4.05. The molecule has 14 heteroatoms. The molecule has 0 radical (unpaired) electrons. The van der Waals surface area contributed by atoms with E-state index in [1.165, 1.54) is 15.8 Å². The number of nitrogens with zero attached hydrogens (tertiary/aromatic N) is 6. The summed E-state index contributed by atoms with van der Waals surface area (Å²) in [6.45, 7) is 8.03. The van der Waals surface area contributed by atoms with Crippen molar-refractivity contribution in [3.05, 3.63) is 129 Å². The molecule has 4 heterocycles. The Morgan fingerprint density at radius 1 is 0.607 bits per heavy atom. The SMILES string of the molecule is CCCCN(CCc1ccc(-c2noc(=O)[nH]2)cc1)c1nc2ccccc2o1.CCCCN(CCc1ccc(-c2noc(=O)[nH]2)cc1)c1nc2ccccc2s1. The van der Waals surface area contributed by atoms with Crippen LogP contribution >= 0.6 is 11.3 Å². The second-order valence-electron chi connectivity index (χ2n) is 13.4. The molecule has 0 bridgehead atoms. The molecule has 0 atom stereocenters. The molecule has 0 aliphatic rings. The van der Waals surface area contributed by atoms with Gasteiger partial charge in [-0.25, -0.2) is 14.6 Å². The van der Waals surface area contributed by atoms with Crippen molar-refractivity contribution >= 4 is 43.8 Å². The average molecular weight is 773 g/mol. The van der Waals surface area contributed by atoms with Crippen LogP contribution in [-0.4, -0.2) is 56.4 Å². The standard InChI is InChI=1S/C21H22N4O3.C21H22N4O2S/c1-2-3-13-25(20-22-17-6-4-5-7-18(17)27-20)14-12-15-8-10-16(11-9-15)19-23-21(26)28-24-19;1-2-3-13-25(20-22-17-6-4-5-7-18(17)28-20)14-12-15-8-10-16(11-9-15)19-23-21(26)27-24-19/h2*4-11H,2-3,12-14H2,1H3,(H,23,24,26). The molecule has 56 heavy (non-hydrogen) atoms. The number of oxazole rings is 1. The maximum Gasteiger partial charge on any atom is 0.439 e. The van der Waals surface area contributed by atoms with Crippen LogP contribution in [0.4, 0.5) is 11.1 Å². The van der Waals surface area contributed by atoms with Crippen LogP contribution < -0.4 is 21.3 Å². The number of aromatic amines is 2. The molecule has 0 fully saturated rings. The molecule has 4 aromatic heterocycles. The van der Waals surface area contributed by atoms with E-state index in [2.05, 4.69) is 88.3 Å². The molecule has 2 N–H and O–H groups in total. The third-order valence-electron chi connectivity index (χ3n) is 9.35. The number of unbranched alkanes of at least 4 members (excludes halogenated alkanes) is 2. The van der Waals surface area contributed by atoms with Gasteiger partial charge >= 0.3 is 11.5 Å². The summed E-state index contributed by atoms with van der Waals surface area (Å²) < 4.78 is 16.3. The van der Waals surface area contributed by atoms with Crippen molar-refractivity contribution < 1.29 is 13.5 Å². The van der Waals surface area contributed by atoms with Gasteiger partial charge in [-0.2, -0.15) is 4.98 Å². The summed E-state index contributed by atoms with van der Waals surface area (Å²) in [5.41, 5.74) is 6.83. The van der Waals surface area contributed by atoms with E-state index in [1.54, 1.807) is 11.3 Å². The zero-order valence-corrected chi connectivity index (χ0v) is 32.3. The van der Waals surface area contributed by atoms with Gasteiger partial charge in [-0.05, 0) is 61.1 Å². The number of para-hydroxylation sites is 3. The largest absolute Gasteiger partial charge is 0.439 e. The summed E-state index contributed by atoms with van der Waals surface area (Å²) in [6, 6.07) is 32.8. The molecule has 0 spiro atoms. The lowest BCUT2D eigenvalue weighted by Crippen LogP contribution is -2.27. The first kappa shape index (κ1) is 38.0. The number of thiazole rings is 1. The van der Waals surface area contributed by atoms with Crippen LogP contribution in [0.5, 0.6) is 0 Å². The van der Waals surface area contributed by atoms with Crippen molar-refractivity contribution in [1.82, 2.24) is 30.2 Å². The molecule has 0 saturated heterocycles. The Morgan fingerprint density at radius 3 is 1.68 bits per heavy atom. The van der Waals surface area contributed by atoms with Crippen molar-refractivity contribution in [2.45, 2.75) is 52.4 Å². The molecule has 13 nitrogen and oxygen atoms in total. The Morgan fingerprint density at radius 2 is 1.14 bits per heavy atom. The van der Waals surface area contributed by atoms with Gasteiger partial charge in [0.05, 0.1) is 10.2 Å². The van der Waals surface area contributed by atoms with Crippen molar-refractivity contribution in [2.24, 2.45) is 0 Å². The van der Waals surface area contributed by atoms with E-state index in [9.17, 15) is 9.59 Å². The van der Waals surface area contributed by atoms with Crippen molar-refractivity contribution in [2.75, 3.05) is 36.0 Å². The van der Waals surface area contributed by atoms with Gasteiger partial charge in [-0.1, -0.05) is 121 Å². The minimum Gasteiger partial charge on any atom is -0.423 e. The number of fused-ring (bicyclic) bond motifs is 2. The van der Waals surface area contributed by atoms with Gasteiger partial charge in [-0.15, -0.1) is 0 Å². The fourth-order valence-corrected chi connectivity index (χ4v) is 7.21. The second kappa shape index (κ2) is 18.4. The Balaban J connectivity index is 0.000000172. The number of nitrogens with one attached hydrogen (secondary N) is 2. The molecule has 288 valence electrons. The summed E-state index contributed by atoms with van der Waals surface area (Å²) in [5.74, 6) is -0.200. The predicted molar refractivity (Wildman–Crippen MR) is 220 cm³/mol. The topological polar surface area (TPSA) is 163 Å². The maximum atomic E-state index is 11.1. The second-order valence-corrected chi connectivity index (χ2v) is 14.4. The first-order chi connectivity index (χ1) is 27.4. The predicted octanol–water partition coefficient (Wildman–Crippen LogP) is 8.51. The Labute approximate surface area is 327 Å². The molecule has 4 aromatic carbocycles. The first-order valence-electron chi connectivity index (χ1n) is 19.0. The van der Waals surface area contributed by atoms with Gasteiger partial charge in [0, 0.05) is 37.3 Å². The van der Waals surface area contributed by atoms with Crippen LogP contribution in [0.3, 0.4) is 0 Å².